The second kappa shape index (κ2) is 9.87. The van der Waals surface area contributed by atoms with Crippen molar-refractivity contribution in [2.45, 2.75) is 0 Å². The van der Waals surface area contributed by atoms with Crippen molar-refractivity contribution in [2.24, 2.45) is 5.10 Å². The molecule has 0 aromatic heterocycles. The lowest BCUT2D eigenvalue weighted by Gasteiger charge is -2.14. The molecule has 2 aromatic carbocycles. The zero-order valence-corrected chi connectivity index (χ0v) is 16.9. The molecule has 164 valence electrons. The molecule has 1 N–H and O–H groups in total. The van der Waals surface area contributed by atoms with Gasteiger partial charge < -0.3 is 18.9 Å². The Kier molecular flexibility index (Phi) is 7.28. The molecule has 0 unspecified atom stereocenters. The number of nitro groups is 2. The largest absolute Gasteiger partial charge is 0.493 e. The number of nitrogens with zero attached hydrogens (tertiary/aromatic N) is 3. The highest BCUT2D eigenvalue weighted by atomic mass is 16.6. The Balaban J connectivity index is 2.39. The number of hydrogen-bond acceptors (Lipinski definition) is 10. The van der Waals surface area contributed by atoms with Crippen LogP contribution in [0, 0.1) is 20.2 Å². The maximum atomic E-state index is 12.6. The first-order chi connectivity index (χ1) is 14.8. The Morgan fingerprint density at radius 2 is 1.58 bits per heavy atom. The number of rotatable bonds is 9. The van der Waals surface area contributed by atoms with Crippen LogP contribution >= 0.6 is 0 Å². The van der Waals surface area contributed by atoms with Gasteiger partial charge in [0.25, 0.3) is 5.91 Å². The van der Waals surface area contributed by atoms with Crippen LogP contribution in [0.5, 0.6) is 23.0 Å². The van der Waals surface area contributed by atoms with Gasteiger partial charge in [0.2, 0.25) is 11.5 Å². The third-order valence-electron chi connectivity index (χ3n) is 4.01. The minimum absolute atomic E-state index is 0.0323. The van der Waals surface area contributed by atoms with Gasteiger partial charge in [0, 0.05) is 17.7 Å². The highest BCUT2D eigenvalue weighted by molar-refractivity contribution is 6.01. The van der Waals surface area contributed by atoms with Crippen LogP contribution in [0.1, 0.15) is 15.9 Å². The van der Waals surface area contributed by atoms with E-state index in [0.717, 1.165) is 12.3 Å². The Hall–Kier alpha value is -4.42. The molecule has 2 aromatic rings. The van der Waals surface area contributed by atoms with Crippen LogP contribution in [-0.4, -0.2) is 50.4 Å². The van der Waals surface area contributed by atoms with E-state index in [-0.39, 0.29) is 34.2 Å². The van der Waals surface area contributed by atoms with E-state index >= 15 is 0 Å². The number of amides is 1. The van der Waals surface area contributed by atoms with Gasteiger partial charge in [0.15, 0.2) is 11.5 Å². The van der Waals surface area contributed by atoms with Gasteiger partial charge in [-0.3, -0.25) is 25.0 Å². The summed E-state index contributed by atoms with van der Waals surface area (Å²) in [5, 5.41) is 26.4. The van der Waals surface area contributed by atoms with Crippen LogP contribution in [0.2, 0.25) is 0 Å². The summed E-state index contributed by atoms with van der Waals surface area (Å²) in [5.74, 6) is -1.21. The van der Waals surface area contributed by atoms with E-state index in [4.69, 9.17) is 18.9 Å². The van der Waals surface area contributed by atoms with Gasteiger partial charge >= 0.3 is 11.4 Å². The molecular weight excluding hydrogens is 416 g/mol. The average molecular weight is 434 g/mol. The summed E-state index contributed by atoms with van der Waals surface area (Å²) in [6.45, 7) is 0. The molecule has 13 heteroatoms. The fraction of sp³-hybridized carbons (Fsp3) is 0.222. The lowest BCUT2D eigenvalue weighted by Crippen LogP contribution is -2.20. The minimum Gasteiger partial charge on any atom is -0.493 e. The number of carbonyl (C=O) groups excluding carboxylic acids is 1. The molecule has 0 heterocycles. The van der Waals surface area contributed by atoms with Crippen molar-refractivity contribution in [3.63, 3.8) is 0 Å². The molecule has 1 amide bonds. The van der Waals surface area contributed by atoms with Crippen LogP contribution in [0.4, 0.5) is 11.4 Å². The third-order valence-corrected chi connectivity index (χ3v) is 4.01. The molecule has 0 saturated heterocycles. The molecule has 0 spiro atoms. The molecule has 0 radical (unpaired) electrons. The zero-order valence-electron chi connectivity index (χ0n) is 16.9. The normalized spacial score (nSPS) is 10.5. The molecule has 0 saturated carbocycles. The smallest absolute Gasteiger partial charge is 0.327 e. The number of ether oxygens (including phenoxy) is 4. The van der Waals surface area contributed by atoms with E-state index in [9.17, 15) is 25.0 Å². The van der Waals surface area contributed by atoms with Gasteiger partial charge in [-0.1, -0.05) is 0 Å². The summed E-state index contributed by atoms with van der Waals surface area (Å²) < 4.78 is 20.2. The number of carbonyl (C=O) groups is 1. The van der Waals surface area contributed by atoms with E-state index in [2.05, 4.69) is 10.5 Å². The molecule has 2 rings (SSSR count). The second-order valence-corrected chi connectivity index (χ2v) is 5.69. The van der Waals surface area contributed by atoms with Crippen molar-refractivity contribution in [3.8, 4) is 23.0 Å². The van der Waals surface area contributed by atoms with Crippen molar-refractivity contribution in [2.75, 3.05) is 28.4 Å². The van der Waals surface area contributed by atoms with Gasteiger partial charge in [-0.2, -0.15) is 5.10 Å². The number of hydrazone groups is 1. The predicted octanol–water partition coefficient (Wildman–Crippen LogP) is 2.30. The van der Waals surface area contributed by atoms with Crippen molar-refractivity contribution < 1.29 is 33.6 Å². The quantitative estimate of drug-likeness (QED) is 0.354. The maximum absolute atomic E-state index is 12.6. The zero-order chi connectivity index (χ0) is 23.1. The molecule has 0 fully saturated rings. The van der Waals surface area contributed by atoms with Crippen LogP contribution < -0.4 is 24.4 Å². The van der Waals surface area contributed by atoms with Crippen LogP contribution in [0.25, 0.3) is 0 Å². The van der Waals surface area contributed by atoms with E-state index < -0.39 is 27.0 Å². The average Bonchev–Trinajstić information content (AvgIpc) is 2.76. The van der Waals surface area contributed by atoms with Crippen molar-refractivity contribution >= 4 is 23.5 Å². The van der Waals surface area contributed by atoms with E-state index in [1.165, 1.54) is 46.6 Å². The lowest BCUT2D eigenvalue weighted by molar-refractivity contribution is -0.386. The number of nitrogens with one attached hydrogen (secondary N) is 1. The monoisotopic (exact) mass is 434 g/mol. The fourth-order valence-corrected chi connectivity index (χ4v) is 2.65. The maximum Gasteiger partial charge on any atom is 0.327 e. The third kappa shape index (κ3) is 4.77. The molecule has 0 aliphatic carbocycles. The molecule has 31 heavy (non-hydrogen) atoms. The molecule has 13 nitrogen and oxygen atoms in total. The Bertz CT molecular complexity index is 1050. The number of nitro benzene ring substituents is 2. The van der Waals surface area contributed by atoms with Gasteiger partial charge in [0.05, 0.1) is 44.5 Å². The first kappa shape index (κ1) is 22.9. The highest BCUT2D eigenvalue weighted by Crippen LogP contribution is 2.46. The minimum atomic E-state index is -0.940. The highest BCUT2D eigenvalue weighted by Gasteiger charge is 2.32. The Labute approximate surface area is 175 Å². The molecule has 0 aliphatic rings. The van der Waals surface area contributed by atoms with Crippen molar-refractivity contribution in [1.29, 1.82) is 0 Å². The van der Waals surface area contributed by atoms with Gasteiger partial charge in [-0.05, 0) is 12.1 Å². The summed E-state index contributed by atoms with van der Waals surface area (Å²) >= 11 is 0. The fourth-order valence-electron chi connectivity index (χ4n) is 2.65. The van der Waals surface area contributed by atoms with Gasteiger partial charge in [-0.25, -0.2) is 5.43 Å². The first-order valence-corrected chi connectivity index (χ1v) is 8.42. The summed E-state index contributed by atoms with van der Waals surface area (Å²) in [6.07, 6.45) is 1.13. The number of benzene rings is 2. The summed E-state index contributed by atoms with van der Waals surface area (Å²) in [7, 11) is 5.03. The van der Waals surface area contributed by atoms with Crippen LogP contribution in [0.15, 0.2) is 29.4 Å². The molecular formula is C18H18N4O9. The van der Waals surface area contributed by atoms with Crippen molar-refractivity contribution in [1.82, 2.24) is 5.43 Å². The van der Waals surface area contributed by atoms with E-state index in [1.54, 1.807) is 0 Å². The van der Waals surface area contributed by atoms with Crippen LogP contribution in [0.3, 0.4) is 0 Å². The molecule has 0 aliphatic heterocycles. The summed E-state index contributed by atoms with van der Waals surface area (Å²) in [6, 6.07) is 5.15. The van der Waals surface area contributed by atoms with Gasteiger partial charge in [-0.15, -0.1) is 0 Å². The molecule has 0 bridgehead atoms. The standard InChI is InChI=1S/C18H18N4O9/c1-28-13-6-5-10(7-12(13)21(24)25)9-19-20-18(23)11-8-14(29-2)16(30-3)17(31-4)15(11)22(26)27/h5-9H,1-4H3,(H,20,23). The second-order valence-electron chi connectivity index (χ2n) is 5.69. The topological polar surface area (TPSA) is 165 Å². The SMILES string of the molecule is COc1ccc(C=NNC(=O)c2cc(OC)c(OC)c(OC)c2[N+](=O)[O-])cc1[N+](=O)[O-]. The summed E-state index contributed by atoms with van der Waals surface area (Å²) in [5.41, 5.74) is 1.09. The van der Waals surface area contributed by atoms with Gasteiger partial charge in [0.1, 0.15) is 5.56 Å². The molecule has 0 atom stereocenters. The predicted molar refractivity (Wildman–Crippen MR) is 107 cm³/mol. The van der Waals surface area contributed by atoms with Crippen molar-refractivity contribution in [3.05, 3.63) is 55.6 Å². The Morgan fingerprint density at radius 3 is 2.10 bits per heavy atom. The lowest BCUT2D eigenvalue weighted by atomic mass is 10.1. The number of methoxy groups -OCH3 is 4. The first-order valence-electron chi connectivity index (χ1n) is 8.42. The van der Waals surface area contributed by atoms with Crippen LogP contribution in [-0.2, 0) is 0 Å². The van der Waals surface area contributed by atoms with E-state index in [0.29, 0.717) is 0 Å². The number of hydrogen-bond donors (Lipinski definition) is 1. The summed E-state index contributed by atoms with van der Waals surface area (Å²) in [4.78, 5) is 33.8. The van der Waals surface area contributed by atoms with E-state index in [1.807, 2.05) is 0 Å². The Morgan fingerprint density at radius 1 is 0.935 bits per heavy atom.